The maximum atomic E-state index is 14.5. The molecule has 2 saturated heterocycles. The van der Waals surface area contributed by atoms with Crippen molar-refractivity contribution < 1.29 is 31.5 Å². The minimum atomic E-state index is -2.33. The van der Waals surface area contributed by atoms with Crippen LogP contribution in [0.2, 0.25) is 10.0 Å². The third kappa shape index (κ3) is 7.32. The molecule has 2 fully saturated rings. The van der Waals surface area contributed by atoms with Gasteiger partial charge in [0.2, 0.25) is 11.7 Å². The first-order chi connectivity index (χ1) is 21.9. The molecule has 4 rings (SSSR count). The monoisotopic (exact) mass is 690 g/mol. The Morgan fingerprint density at radius 2 is 1.57 bits per heavy atom. The van der Waals surface area contributed by atoms with Gasteiger partial charge < -0.3 is 15.1 Å². The van der Waals surface area contributed by atoms with Crippen LogP contribution in [0.3, 0.4) is 0 Å². The van der Waals surface area contributed by atoms with Crippen molar-refractivity contribution in [2.45, 2.75) is 76.3 Å². The average Bonchev–Trinajstić information content (AvgIpc) is 3.06. The van der Waals surface area contributed by atoms with Crippen LogP contribution in [0.25, 0.3) is 0 Å². The number of nitrogens with zero attached hydrogens (tertiary/aromatic N) is 3. The van der Waals surface area contributed by atoms with Gasteiger partial charge in [0.05, 0.1) is 10.0 Å². The Bertz CT molecular complexity index is 1390. The second kappa shape index (κ2) is 15.6. The van der Waals surface area contributed by atoms with Crippen molar-refractivity contribution in [3.05, 3.63) is 68.5 Å². The zero-order valence-corrected chi connectivity index (χ0v) is 27.9. The molecule has 13 heteroatoms. The molecular weight excluding hydrogens is 650 g/mol. The number of amides is 2. The van der Waals surface area contributed by atoms with Gasteiger partial charge in [-0.3, -0.25) is 14.5 Å². The molecule has 2 aromatic rings. The van der Waals surface area contributed by atoms with E-state index in [1.165, 1.54) is 7.05 Å². The lowest BCUT2D eigenvalue weighted by atomic mass is 9.80. The molecule has 2 unspecified atom stereocenters. The van der Waals surface area contributed by atoms with Crippen LogP contribution in [0.4, 0.5) is 22.0 Å². The molecule has 2 aliphatic heterocycles. The summed E-state index contributed by atoms with van der Waals surface area (Å²) < 4.78 is 70.6. The van der Waals surface area contributed by atoms with Crippen molar-refractivity contribution in [1.29, 1.82) is 0 Å². The average molecular weight is 692 g/mol. The number of hydrogen-bond acceptors (Lipinski definition) is 4. The Labute approximate surface area is 277 Å². The Morgan fingerprint density at radius 1 is 0.957 bits per heavy atom. The van der Waals surface area contributed by atoms with E-state index >= 15 is 0 Å². The van der Waals surface area contributed by atoms with E-state index in [0.717, 1.165) is 43.8 Å². The minimum absolute atomic E-state index is 0.0489. The van der Waals surface area contributed by atoms with Gasteiger partial charge in [0.25, 0.3) is 5.91 Å². The smallest absolute Gasteiger partial charge is 0.259 e. The highest BCUT2D eigenvalue weighted by molar-refractivity contribution is 6.42. The predicted molar refractivity (Wildman–Crippen MR) is 169 cm³/mol. The van der Waals surface area contributed by atoms with Crippen molar-refractivity contribution in [3.8, 4) is 0 Å². The van der Waals surface area contributed by atoms with E-state index in [-0.39, 0.29) is 23.5 Å². The summed E-state index contributed by atoms with van der Waals surface area (Å²) in [6.45, 7) is 7.33. The molecular formula is C33H41Cl2F5N4O2. The van der Waals surface area contributed by atoms with E-state index in [9.17, 15) is 31.5 Å². The van der Waals surface area contributed by atoms with Crippen LogP contribution in [-0.4, -0.2) is 84.4 Å². The first kappa shape index (κ1) is 36.4. The van der Waals surface area contributed by atoms with Crippen molar-refractivity contribution in [3.63, 3.8) is 0 Å². The molecule has 2 aliphatic rings. The summed E-state index contributed by atoms with van der Waals surface area (Å²) in [7, 11) is 1.25. The first-order valence-corrected chi connectivity index (χ1v) is 16.6. The number of nitrogens with one attached hydrogen (secondary N) is 1. The standard InChI is InChI=1S/C33H41Cl2F5N4O2/c1-4-43(5-2)32(46)33(13-15-41-16-14-33)44-17-7-6-8-22(44)11-9-21(20-10-12-23(34)24(35)18-20)19-42(3)31(45)25-26(36)28(38)30(40)29(39)27(25)37/h10,12,18,21-22,41H,4-9,11,13-17,19H2,1-3H3. The highest BCUT2D eigenvalue weighted by atomic mass is 35.5. The molecule has 254 valence electrons. The topological polar surface area (TPSA) is 55.9 Å². The molecule has 2 heterocycles. The van der Waals surface area contributed by atoms with Gasteiger partial charge in [0.1, 0.15) is 11.1 Å². The van der Waals surface area contributed by atoms with Crippen molar-refractivity contribution >= 4 is 35.0 Å². The van der Waals surface area contributed by atoms with E-state index in [2.05, 4.69) is 10.2 Å². The van der Waals surface area contributed by atoms with Crippen LogP contribution in [0, 0.1) is 29.1 Å². The van der Waals surface area contributed by atoms with Crippen molar-refractivity contribution in [1.82, 2.24) is 20.0 Å². The second-order valence-electron chi connectivity index (χ2n) is 12.2. The fourth-order valence-corrected chi connectivity index (χ4v) is 7.36. The van der Waals surface area contributed by atoms with Crippen LogP contribution in [0.5, 0.6) is 0 Å². The van der Waals surface area contributed by atoms with Gasteiger partial charge >= 0.3 is 0 Å². The highest BCUT2D eigenvalue weighted by Gasteiger charge is 2.49. The molecule has 0 spiro atoms. The molecule has 0 radical (unpaired) electrons. The van der Waals surface area contributed by atoms with Gasteiger partial charge in [-0.05, 0) is 89.7 Å². The van der Waals surface area contributed by atoms with E-state index in [0.29, 0.717) is 49.4 Å². The summed E-state index contributed by atoms with van der Waals surface area (Å²) in [5, 5.41) is 3.98. The Hall–Kier alpha value is -2.47. The summed E-state index contributed by atoms with van der Waals surface area (Å²) in [6.07, 6.45) is 5.33. The normalized spacial score (nSPS) is 19.1. The second-order valence-corrected chi connectivity index (χ2v) is 13.0. The van der Waals surface area contributed by atoms with E-state index in [1.807, 2.05) is 18.7 Å². The molecule has 0 saturated carbocycles. The number of likely N-dealkylation sites (N-methyl/N-ethyl adjacent to an activating group) is 2. The molecule has 2 amide bonds. The maximum absolute atomic E-state index is 14.5. The zero-order valence-electron chi connectivity index (χ0n) is 26.4. The number of benzene rings is 2. The summed E-state index contributed by atoms with van der Waals surface area (Å²) in [6, 6.07) is 5.06. The summed E-state index contributed by atoms with van der Waals surface area (Å²) in [4.78, 5) is 32.5. The van der Waals surface area contributed by atoms with Crippen LogP contribution < -0.4 is 5.32 Å². The lowest BCUT2D eigenvalue weighted by Crippen LogP contribution is -2.66. The number of likely N-dealkylation sites (tertiary alicyclic amines) is 1. The fourth-order valence-electron chi connectivity index (χ4n) is 7.05. The molecule has 2 aromatic carbocycles. The fraction of sp³-hybridized carbons (Fsp3) is 0.576. The maximum Gasteiger partial charge on any atom is 0.259 e. The van der Waals surface area contributed by atoms with Crippen molar-refractivity contribution in [2.75, 3.05) is 46.3 Å². The quantitative estimate of drug-likeness (QED) is 0.154. The predicted octanol–water partition coefficient (Wildman–Crippen LogP) is 7.17. The summed E-state index contributed by atoms with van der Waals surface area (Å²) in [5.74, 6) is -12.7. The SMILES string of the molecule is CCN(CC)C(=O)C1(N2CCCCC2CCC(CN(C)C(=O)c2c(F)c(F)c(F)c(F)c2F)c2ccc(Cl)c(Cl)c2)CCNCC1. The van der Waals surface area contributed by atoms with Crippen LogP contribution in [-0.2, 0) is 4.79 Å². The molecule has 46 heavy (non-hydrogen) atoms. The van der Waals surface area contributed by atoms with E-state index in [1.54, 1.807) is 18.2 Å². The third-order valence-electron chi connectivity index (χ3n) is 9.58. The Kier molecular flexibility index (Phi) is 12.3. The molecule has 0 aromatic heterocycles. The van der Waals surface area contributed by atoms with Crippen LogP contribution in [0.1, 0.15) is 80.6 Å². The molecule has 0 aliphatic carbocycles. The number of carbonyl (C=O) groups is 2. The molecule has 0 bridgehead atoms. The van der Waals surface area contributed by atoms with E-state index in [4.69, 9.17) is 23.2 Å². The van der Waals surface area contributed by atoms with Gasteiger partial charge in [0, 0.05) is 38.6 Å². The number of halogens is 7. The third-order valence-corrected chi connectivity index (χ3v) is 10.3. The Morgan fingerprint density at radius 3 is 2.15 bits per heavy atom. The molecule has 1 N–H and O–H groups in total. The van der Waals surface area contributed by atoms with Gasteiger partial charge in [-0.1, -0.05) is 35.7 Å². The van der Waals surface area contributed by atoms with Crippen LogP contribution in [0.15, 0.2) is 18.2 Å². The number of carbonyl (C=O) groups excluding carboxylic acids is 2. The first-order valence-electron chi connectivity index (χ1n) is 15.9. The molecule has 2 atom stereocenters. The molecule has 6 nitrogen and oxygen atoms in total. The lowest BCUT2D eigenvalue weighted by molar-refractivity contribution is -0.150. The van der Waals surface area contributed by atoms with Crippen molar-refractivity contribution in [2.24, 2.45) is 0 Å². The van der Waals surface area contributed by atoms with Gasteiger partial charge in [-0.15, -0.1) is 0 Å². The van der Waals surface area contributed by atoms with Gasteiger partial charge in [-0.25, -0.2) is 22.0 Å². The largest absolute Gasteiger partial charge is 0.342 e. The number of rotatable bonds is 11. The number of piperidine rings is 2. The highest BCUT2D eigenvalue weighted by Crippen LogP contribution is 2.38. The van der Waals surface area contributed by atoms with Gasteiger partial charge in [-0.2, -0.15) is 0 Å². The van der Waals surface area contributed by atoms with Gasteiger partial charge in [0.15, 0.2) is 23.3 Å². The van der Waals surface area contributed by atoms with E-state index < -0.39 is 52.0 Å². The zero-order chi connectivity index (χ0) is 33.8. The summed E-state index contributed by atoms with van der Waals surface area (Å²) in [5.41, 5.74) is -1.45. The lowest BCUT2D eigenvalue weighted by Gasteiger charge is -2.52. The number of hydrogen-bond donors (Lipinski definition) is 1. The Balaban J connectivity index is 1.63. The summed E-state index contributed by atoms with van der Waals surface area (Å²) >= 11 is 12.5. The minimum Gasteiger partial charge on any atom is -0.342 e. The van der Waals surface area contributed by atoms with Crippen LogP contribution >= 0.6 is 23.2 Å².